The van der Waals surface area contributed by atoms with Crippen molar-refractivity contribution in [3.05, 3.63) is 76.3 Å². The molecule has 0 saturated carbocycles. The van der Waals surface area contributed by atoms with Gasteiger partial charge in [-0.05, 0) is 22.4 Å². The molecule has 0 spiro atoms. The molecule has 3 rings (SSSR count). The molecule has 5 heteroatoms. The van der Waals surface area contributed by atoms with Gasteiger partial charge in [0.15, 0.2) is 0 Å². The van der Waals surface area contributed by atoms with Gasteiger partial charge in [0.2, 0.25) is 0 Å². The molecule has 3 aromatic rings. The minimum atomic E-state index is -0.600. The lowest BCUT2D eigenvalue weighted by Crippen LogP contribution is -2.06. The van der Waals surface area contributed by atoms with E-state index in [4.69, 9.17) is 4.74 Å². The van der Waals surface area contributed by atoms with Crippen LogP contribution >= 0.6 is 0 Å². The lowest BCUT2D eigenvalue weighted by Gasteiger charge is -2.11. The number of ether oxygens (including phenoxy) is 1. The van der Waals surface area contributed by atoms with Gasteiger partial charge in [0, 0.05) is 6.07 Å². The fourth-order valence-corrected chi connectivity index (χ4v) is 2.70. The van der Waals surface area contributed by atoms with Gasteiger partial charge in [-0.3, -0.25) is 10.1 Å². The molecule has 0 amide bonds. The summed E-state index contributed by atoms with van der Waals surface area (Å²) in [6, 6.07) is 17.5. The van der Waals surface area contributed by atoms with Crippen molar-refractivity contribution in [3.8, 4) is 11.1 Å². The first kappa shape index (κ1) is 14.7. The van der Waals surface area contributed by atoms with Crippen molar-refractivity contribution in [1.29, 1.82) is 0 Å². The van der Waals surface area contributed by atoms with Crippen LogP contribution in [0.4, 0.5) is 5.69 Å². The molecule has 0 aliphatic carbocycles. The normalized spacial score (nSPS) is 10.5. The van der Waals surface area contributed by atoms with Crippen LogP contribution in [-0.2, 0) is 4.74 Å². The van der Waals surface area contributed by atoms with E-state index in [9.17, 15) is 14.9 Å². The average Bonchev–Trinajstić information content (AvgIpc) is 2.59. The van der Waals surface area contributed by atoms with Crippen LogP contribution in [0.1, 0.15) is 10.4 Å². The number of methoxy groups -OCH3 is 1. The fraction of sp³-hybridized carbons (Fsp3) is 0.0556. The van der Waals surface area contributed by atoms with Gasteiger partial charge in [0.25, 0.3) is 5.69 Å². The topological polar surface area (TPSA) is 69.4 Å². The molecular formula is C18H13NO4. The van der Waals surface area contributed by atoms with Crippen molar-refractivity contribution in [2.45, 2.75) is 0 Å². The molecule has 0 unspecified atom stereocenters. The Balaban J connectivity index is 2.41. The van der Waals surface area contributed by atoms with Gasteiger partial charge in [0.05, 0.1) is 23.2 Å². The molecule has 0 N–H and O–H groups in total. The lowest BCUT2D eigenvalue weighted by molar-refractivity contribution is -0.384. The number of rotatable bonds is 3. The van der Waals surface area contributed by atoms with Gasteiger partial charge >= 0.3 is 5.97 Å². The van der Waals surface area contributed by atoms with E-state index in [0.29, 0.717) is 5.56 Å². The molecule has 0 atom stereocenters. The van der Waals surface area contributed by atoms with Crippen LogP contribution in [0.25, 0.3) is 21.9 Å². The van der Waals surface area contributed by atoms with Gasteiger partial charge in [-0.15, -0.1) is 0 Å². The average molecular weight is 307 g/mol. The molecule has 23 heavy (non-hydrogen) atoms. The van der Waals surface area contributed by atoms with E-state index in [1.54, 1.807) is 6.07 Å². The number of benzene rings is 3. The third kappa shape index (κ3) is 2.53. The Morgan fingerprint density at radius 3 is 2.43 bits per heavy atom. The van der Waals surface area contributed by atoms with E-state index in [1.165, 1.54) is 25.3 Å². The molecule has 0 heterocycles. The smallest absolute Gasteiger partial charge is 0.338 e. The minimum absolute atomic E-state index is 0.121. The Kier molecular flexibility index (Phi) is 3.76. The van der Waals surface area contributed by atoms with Gasteiger partial charge in [-0.25, -0.2) is 4.79 Å². The Labute approximate surface area is 132 Å². The van der Waals surface area contributed by atoms with Gasteiger partial charge in [-0.1, -0.05) is 48.5 Å². The molecule has 0 fully saturated rings. The SMILES string of the molecule is COC(=O)c1cccc([N+](=O)[O-])c1-c1cccc2ccccc12. The Hall–Kier alpha value is -3.21. The summed E-state index contributed by atoms with van der Waals surface area (Å²) in [5.74, 6) is -0.600. The Morgan fingerprint density at radius 2 is 1.70 bits per heavy atom. The van der Waals surface area contributed by atoms with Crippen LogP contribution < -0.4 is 0 Å². The summed E-state index contributed by atoms with van der Waals surface area (Å²) < 4.78 is 4.78. The molecular weight excluding hydrogens is 294 g/mol. The lowest BCUT2D eigenvalue weighted by atomic mass is 9.93. The summed E-state index contributed by atoms with van der Waals surface area (Å²) in [4.78, 5) is 23.0. The summed E-state index contributed by atoms with van der Waals surface area (Å²) in [6.07, 6.45) is 0. The molecule has 3 aromatic carbocycles. The maximum Gasteiger partial charge on any atom is 0.338 e. The molecule has 0 saturated heterocycles. The monoisotopic (exact) mass is 307 g/mol. The second kappa shape index (κ2) is 5.88. The zero-order valence-corrected chi connectivity index (χ0v) is 12.4. The van der Waals surface area contributed by atoms with Crippen LogP contribution in [0, 0.1) is 10.1 Å². The molecule has 0 radical (unpaired) electrons. The molecule has 0 aliphatic rings. The number of nitro benzene ring substituents is 1. The first-order chi connectivity index (χ1) is 11.1. The predicted molar refractivity (Wildman–Crippen MR) is 87.4 cm³/mol. The highest BCUT2D eigenvalue weighted by Gasteiger charge is 2.24. The van der Waals surface area contributed by atoms with Crippen molar-refractivity contribution >= 4 is 22.4 Å². The number of carbonyl (C=O) groups is 1. The largest absolute Gasteiger partial charge is 0.465 e. The van der Waals surface area contributed by atoms with E-state index >= 15 is 0 Å². The van der Waals surface area contributed by atoms with E-state index in [-0.39, 0.29) is 16.8 Å². The number of nitrogens with zero attached hydrogens (tertiary/aromatic N) is 1. The molecule has 5 nitrogen and oxygen atoms in total. The van der Waals surface area contributed by atoms with E-state index in [2.05, 4.69) is 0 Å². The predicted octanol–water partition coefficient (Wildman–Crippen LogP) is 4.20. The van der Waals surface area contributed by atoms with Crippen molar-refractivity contribution in [3.63, 3.8) is 0 Å². The van der Waals surface area contributed by atoms with Crippen molar-refractivity contribution < 1.29 is 14.5 Å². The standard InChI is InChI=1S/C18H13NO4/c1-23-18(20)15-10-5-11-16(19(21)22)17(15)14-9-4-7-12-6-2-3-8-13(12)14/h2-11H,1H3. The van der Waals surface area contributed by atoms with E-state index in [1.807, 2.05) is 36.4 Å². The number of hydrogen-bond donors (Lipinski definition) is 0. The number of nitro groups is 1. The number of esters is 1. The third-order valence-electron chi connectivity index (χ3n) is 3.70. The van der Waals surface area contributed by atoms with Crippen LogP contribution in [-0.4, -0.2) is 18.0 Å². The number of carbonyl (C=O) groups excluding carboxylic acids is 1. The quantitative estimate of drug-likeness (QED) is 0.413. The summed E-state index contributed by atoms with van der Waals surface area (Å²) >= 11 is 0. The first-order valence-corrected chi connectivity index (χ1v) is 6.97. The van der Waals surface area contributed by atoms with Crippen LogP contribution in [0.2, 0.25) is 0 Å². The first-order valence-electron chi connectivity index (χ1n) is 6.97. The summed E-state index contributed by atoms with van der Waals surface area (Å²) in [7, 11) is 1.26. The highest BCUT2D eigenvalue weighted by Crippen LogP contribution is 2.37. The van der Waals surface area contributed by atoms with Gasteiger partial charge in [-0.2, -0.15) is 0 Å². The highest BCUT2D eigenvalue weighted by atomic mass is 16.6. The second-order valence-corrected chi connectivity index (χ2v) is 4.98. The van der Waals surface area contributed by atoms with Crippen molar-refractivity contribution in [2.75, 3.05) is 7.11 Å². The maximum absolute atomic E-state index is 12.1. The summed E-state index contributed by atoms with van der Waals surface area (Å²) in [5.41, 5.74) is 0.972. The molecule has 114 valence electrons. The maximum atomic E-state index is 12.1. The van der Waals surface area contributed by atoms with Crippen LogP contribution in [0.5, 0.6) is 0 Å². The Bertz CT molecular complexity index is 913. The van der Waals surface area contributed by atoms with E-state index < -0.39 is 10.9 Å². The second-order valence-electron chi connectivity index (χ2n) is 4.98. The van der Waals surface area contributed by atoms with Gasteiger partial charge < -0.3 is 4.74 Å². The zero-order valence-electron chi connectivity index (χ0n) is 12.4. The molecule has 0 aromatic heterocycles. The molecule has 0 bridgehead atoms. The van der Waals surface area contributed by atoms with Gasteiger partial charge in [0.1, 0.15) is 0 Å². The minimum Gasteiger partial charge on any atom is -0.465 e. The highest BCUT2D eigenvalue weighted by molar-refractivity contribution is 6.06. The van der Waals surface area contributed by atoms with Crippen LogP contribution in [0.3, 0.4) is 0 Å². The zero-order chi connectivity index (χ0) is 16.4. The Morgan fingerprint density at radius 1 is 1.00 bits per heavy atom. The third-order valence-corrected chi connectivity index (χ3v) is 3.70. The van der Waals surface area contributed by atoms with Crippen molar-refractivity contribution in [1.82, 2.24) is 0 Å². The number of fused-ring (bicyclic) bond motifs is 1. The van der Waals surface area contributed by atoms with Crippen LogP contribution in [0.15, 0.2) is 60.7 Å². The fourth-order valence-electron chi connectivity index (χ4n) is 2.70. The number of hydrogen-bond acceptors (Lipinski definition) is 4. The molecule has 0 aliphatic heterocycles. The summed E-state index contributed by atoms with van der Waals surface area (Å²) in [6.45, 7) is 0. The van der Waals surface area contributed by atoms with Crippen molar-refractivity contribution in [2.24, 2.45) is 0 Å². The van der Waals surface area contributed by atoms with E-state index in [0.717, 1.165) is 10.8 Å². The summed E-state index contributed by atoms with van der Waals surface area (Å²) in [5, 5.41) is 13.2.